The molecule has 0 aliphatic carbocycles. The van der Waals surface area contributed by atoms with Crippen molar-refractivity contribution in [2.24, 2.45) is 5.10 Å². The van der Waals surface area contributed by atoms with Crippen LogP contribution >= 0.6 is 0 Å². The summed E-state index contributed by atoms with van der Waals surface area (Å²) in [5.41, 5.74) is 3.50. The number of rotatable bonds is 8. The van der Waals surface area contributed by atoms with E-state index in [0.29, 0.717) is 29.1 Å². The predicted molar refractivity (Wildman–Crippen MR) is 147 cm³/mol. The second-order valence-corrected chi connectivity index (χ2v) is 10.0. The molecule has 0 fully saturated rings. The van der Waals surface area contributed by atoms with E-state index >= 15 is 0 Å². The largest absolute Gasteiger partial charge is 0.324 e. The minimum atomic E-state index is -0.274. The maximum Gasteiger partial charge on any atom is 0.278 e. The van der Waals surface area contributed by atoms with Crippen LogP contribution < -0.4 is 16.2 Å². The van der Waals surface area contributed by atoms with Crippen molar-refractivity contribution in [3.63, 3.8) is 0 Å². The highest BCUT2D eigenvalue weighted by Crippen LogP contribution is 2.32. The Balaban J connectivity index is 1.85. The van der Waals surface area contributed by atoms with Crippen molar-refractivity contribution in [3.05, 3.63) is 70.7 Å². The van der Waals surface area contributed by atoms with Gasteiger partial charge in [-0.2, -0.15) is 10.1 Å². The van der Waals surface area contributed by atoms with Crippen molar-refractivity contribution in [2.45, 2.75) is 52.2 Å². The van der Waals surface area contributed by atoms with Crippen LogP contribution in [0.3, 0.4) is 0 Å². The molecule has 0 spiro atoms. The van der Waals surface area contributed by atoms with Crippen LogP contribution in [0.25, 0.3) is 11.0 Å². The molecule has 2 N–H and O–H groups in total. The third kappa shape index (κ3) is 5.24. The molecule has 0 atom stereocenters. The Morgan fingerprint density at radius 3 is 2.86 bits per heavy atom. The number of benzene rings is 1. The van der Waals surface area contributed by atoms with Crippen molar-refractivity contribution < 1.29 is 4.79 Å². The average molecular weight is 503 g/mol. The van der Waals surface area contributed by atoms with E-state index in [9.17, 15) is 9.59 Å². The number of aldehydes is 1. The molecular formula is C27H34N8O2. The number of aromatic nitrogens is 4. The first-order chi connectivity index (χ1) is 17.7. The van der Waals surface area contributed by atoms with Gasteiger partial charge in [-0.05, 0) is 49.3 Å². The van der Waals surface area contributed by atoms with Gasteiger partial charge in [-0.25, -0.2) is 14.3 Å². The van der Waals surface area contributed by atoms with E-state index in [1.807, 2.05) is 27.0 Å². The first kappa shape index (κ1) is 26.0. The normalized spacial score (nSPS) is 15.2. The van der Waals surface area contributed by atoms with Gasteiger partial charge in [-0.15, -0.1) is 6.58 Å². The number of anilines is 2. The summed E-state index contributed by atoms with van der Waals surface area (Å²) in [7, 11) is 1.83. The molecule has 37 heavy (non-hydrogen) atoms. The summed E-state index contributed by atoms with van der Waals surface area (Å²) in [6.07, 6.45) is 6.70. The van der Waals surface area contributed by atoms with E-state index in [1.165, 1.54) is 28.1 Å². The Morgan fingerprint density at radius 1 is 1.38 bits per heavy atom. The maximum atomic E-state index is 13.3. The number of carbonyl (C=O) groups is 1. The molecule has 10 nitrogen and oxygen atoms in total. The SMILES string of the molecule is C=CCn1c(=O)c2cnc(Nc3ccc4c(c3)C(C)(C)CNC4)nc2n1C(/C=C\C=O)=N/N(C)C(C)C. The Labute approximate surface area is 216 Å². The molecule has 2 aromatic heterocycles. The lowest BCUT2D eigenvalue weighted by molar-refractivity contribution is -0.104. The predicted octanol–water partition coefficient (Wildman–Crippen LogP) is 3.16. The third-order valence-corrected chi connectivity index (χ3v) is 6.50. The number of fused-ring (bicyclic) bond motifs is 2. The summed E-state index contributed by atoms with van der Waals surface area (Å²) < 4.78 is 3.08. The second-order valence-electron chi connectivity index (χ2n) is 10.0. The minimum Gasteiger partial charge on any atom is -0.324 e. The topological polar surface area (TPSA) is 109 Å². The highest BCUT2D eigenvalue weighted by atomic mass is 16.1. The fourth-order valence-electron chi connectivity index (χ4n) is 4.33. The molecule has 0 unspecified atom stereocenters. The summed E-state index contributed by atoms with van der Waals surface area (Å²) in [5, 5.41) is 13.5. The Kier molecular flexibility index (Phi) is 7.40. The highest BCUT2D eigenvalue weighted by molar-refractivity contribution is 6.01. The van der Waals surface area contributed by atoms with E-state index in [2.05, 4.69) is 53.3 Å². The van der Waals surface area contributed by atoms with E-state index in [1.54, 1.807) is 21.8 Å². The van der Waals surface area contributed by atoms with Crippen LogP contribution in [0.2, 0.25) is 0 Å². The summed E-state index contributed by atoms with van der Waals surface area (Å²) in [6.45, 7) is 14.2. The first-order valence-corrected chi connectivity index (χ1v) is 12.3. The molecule has 3 aromatic rings. The quantitative estimate of drug-likeness (QED) is 0.122. The lowest BCUT2D eigenvalue weighted by atomic mass is 9.79. The number of hydrogen-bond donors (Lipinski definition) is 2. The molecule has 194 valence electrons. The molecule has 0 bridgehead atoms. The van der Waals surface area contributed by atoms with Crippen molar-refractivity contribution in [1.29, 1.82) is 0 Å². The molecule has 3 heterocycles. The summed E-state index contributed by atoms with van der Waals surface area (Å²) in [4.78, 5) is 33.6. The van der Waals surface area contributed by atoms with Crippen molar-refractivity contribution >= 4 is 34.8 Å². The summed E-state index contributed by atoms with van der Waals surface area (Å²) in [5.74, 6) is 0.713. The third-order valence-electron chi connectivity index (χ3n) is 6.50. The van der Waals surface area contributed by atoms with Crippen molar-refractivity contribution in [3.8, 4) is 0 Å². The smallest absolute Gasteiger partial charge is 0.278 e. The van der Waals surface area contributed by atoms with Crippen LogP contribution in [0.15, 0.2) is 59.1 Å². The standard InChI is InChI=1S/C27H34N8O2/c1-7-12-34-25(37)21-16-29-26(30-20-11-10-19-15-28-17-27(4,5)22(19)14-20)31-24(21)35(34)23(9-8-13-36)32-33(6)18(2)3/h7-11,13-14,16,18,28H,1,12,15,17H2,2-6H3,(H,29,30,31)/b9-8-,32-23+. The van der Waals surface area contributed by atoms with Gasteiger partial charge in [-0.1, -0.05) is 26.0 Å². The first-order valence-electron chi connectivity index (χ1n) is 12.3. The molecule has 1 aliphatic heterocycles. The zero-order chi connectivity index (χ0) is 26.7. The van der Waals surface area contributed by atoms with Crippen molar-refractivity contribution in [2.75, 3.05) is 18.9 Å². The molecule has 1 aliphatic rings. The highest BCUT2D eigenvalue weighted by Gasteiger charge is 2.27. The number of hydrazone groups is 1. The summed E-state index contributed by atoms with van der Waals surface area (Å²) >= 11 is 0. The van der Waals surface area contributed by atoms with Gasteiger partial charge in [0.1, 0.15) is 11.7 Å². The number of allylic oxidation sites excluding steroid dienone is 3. The molecule has 0 saturated carbocycles. The number of carbonyl (C=O) groups excluding carboxylic acids is 1. The monoisotopic (exact) mass is 502 g/mol. The Bertz CT molecular complexity index is 1440. The fourth-order valence-corrected chi connectivity index (χ4v) is 4.33. The zero-order valence-electron chi connectivity index (χ0n) is 22.0. The molecule has 0 saturated heterocycles. The van der Waals surface area contributed by atoms with E-state index in [0.717, 1.165) is 18.8 Å². The number of nitrogens with zero attached hydrogens (tertiary/aromatic N) is 6. The van der Waals surface area contributed by atoms with Gasteiger partial charge in [0.05, 0.1) is 6.54 Å². The van der Waals surface area contributed by atoms with Crippen LogP contribution in [0.4, 0.5) is 11.6 Å². The average Bonchev–Trinajstić information content (AvgIpc) is 3.12. The van der Waals surface area contributed by atoms with Gasteiger partial charge in [-0.3, -0.25) is 14.6 Å². The van der Waals surface area contributed by atoms with Crippen LogP contribution in [-0.2, 0) is 23.3 Å². The Hall–Kier alpha value is -4.05. The second kappa shape index (κ2) is 10.5. The van der Waals surface area contributed by atoms with Crippen LogP contribution in [-0.4, -0.2) is 56.1 Å². The van der Waals surface area contributed by atoms with Crippen molar-refractivity contribution in [1.82, 2.24) is 29.7 Å². The van der Waals surface area contributed by atoms with Gasteiger partial charge >= 0.3 is 0 Å². The van der Waals surface area contributed by atoms with Gasteiger partial charge in [0.25, 0.3) is 5.56 Å². The summed E-state index contributed by atoms with van der Waals surface area (Å²) in [6, 6.07) is 6.34. The molecule has 10 heteroatoms. The minimum absolute atomic E-state index is 0.00278. The number of hydrogen-bond acceptors (Lipinski definition) is 8. The molecule has 0 radical (unpaired) electrons. The van der Waals surface area contributed by atoms with Gasteiger partial charge < -0.3 is 10.6 Å². The maximum absolute atomic E-state index is 13.3. The van der Waals surface area contributed by atoms with E-state index in [4.69, 9.17) is 4.98 Å². The lowest BCUT2D eigenvalue weighted by Crippen LogP contribution is -2.38. The van der Waals surface area contributed by atoms with Crippen LogP contribution in [0.5, 0.6) is 0 Å². The van der Waals surface area contributed by atoms with Crippen LogP contribution in [0.1, 0.15) is 38.8 Å². The fraction of sp³-hybridized carbons (Fsp3) is 0.370. The lowest BCUT2D eigenvalue weighted by Gasteiger charge is -2.33. The zero-order valence-corrected chi connectivity index (χ0v) is 22.0. The van der Waals surface area contributed by atoms with Gasteiger partial charge in [0.15, 0.2) is 11.5 Å². The molecule has 0 amide bonds. The van der Waals surface area contributed by atoms with Crippen LogP contribution in [0, 0.1) is 0 Å². The number of nitrogens with one attached hydrogen (secondary N) is 2. The molecule has 1 aromatic carbocycles. The van der Waals surface area contributed by atoms with E-state index < -0.39 is 0 Å². The molecular weight excluding hydrogens is 468 g/mol. The Morgan fingerprint density at radius 2 is 2.16 bits per heavy atom. The van der Waals surface area contributed by atoms with E-state index in [-0.39, 0.29) is 23.6 Å². The van der Waals surface area contributed by atoms with Gasteiger partial charge in [0, 0.05) is 43.5 Å². The molecule has 4 rings (SSSR count). The van der Waals surface area contributed by atoms with Gasteiger partial charge in [0.2, 0.25) is 5.95 Å².